The van der Waals surface area contributed by atoms with Crippen molar-refractivity contribution in [1.82, 2.24) is 9.44 Å². The molecule has 0 rings (SSSR count). The molecule has 5 nitrogen and oxygen atoms in total. The number of alkyl halides is 3. The van der Waals surface area contributed by atoms with Crippen molar-refractivity contribution in [2.24, 2.45) is 0 Å². The summed E-state index contributed by atoms with van der Waals surface area (Å²) >= 11 is 0. The van der Waals surface area contributed by atoms with Crippen molar-refractivity contribution in [3.05, 3.63) is 0 Å². The maximum absolute atomic E-state index is 11.7. The molecule has 0 aromatic rings. The first-order chi connectivity index (χ1) is 6.70. The Morgan fingerprint density at radius 3 is 2.33 bits per heavy atom. The fourth-order valence-electron chi connectivity index (χ4n) is 0.607. The lowest BCUT2D eigenvalue weighted by atomic mass is 10.3. The Hall–Kier alpha value is -0.850. The van der Waals surface area contributed by atoms with Gasteiger partial charge in [-0.25, -0.2) is 0 Å². The minimum Gasteiger partial charge on any atom is -0.197 e. The zero-order chi connectivity index (χ0) is 12.1. The molecule has 0 aliphatic rings. The molecule has 0 aliphatic carbocycles. The summed E-state index contributed by atoms with van der Waals surface area (Å²) in [4.78, 5) is 0. The van der Waals surface area contributed by atoms with E-state index in [-0.39, 0.29) is 6.42 Å². The van der Waals surface area contributed by atoms with Gasteiger partial charge >= 0.3 is 6.18 Å². The van der Waals surface area contributed by atoms with Crippen LogP contribution in [0.3, 0.4) is 0 Å². The summed E-state index contributed by atoms with van der Waals surface area (Å²) in [5, 5.41) is 8.39. The van der Waals surface area contributed by atoms with Crippen molar-refractivity contribution in [2.45, 2.75) is 25.6 Å². The minimum absolute atomic E-state index is 0.170. The average Bonchev–Trinajstić information content (AvgIpc) is 2.10. The number of hydrogen-bond acceptors (Lipinski definition) is 3. The van der Waals surface area contributed by atoms with Crippen LogP contribution in [0.1, 0.15) is 13.3 Å². The van der Waals surface area contributed by atoms with Crippen LogP contribution in [0.5, 0.6) is 0 Å². The summed E-state index contributed by atoms with van der Waals surface area (Å²) in [6.07, 6.45) is -4.45. The van der Waals surface area contributed by atoms with Gasteiger partial charge in [0.1, 0.15) is 12.6 Å². The van der Waals surface area contributed by atoms with Gasteiger partial charge in [-0.05, 0) is 6.42 Å². The second kappa shape index (κ2) is 5.29. The average molecular weight is 245 g/mol. The number of hydrogen-bond donors (Lipinski definition) is 2. The molecule has 15 heavy (non-hydrogen) atoms. The quantitative estimate of drug-likeness (QED) is 0.729. The largest absolute Gasteiger partial charge is 0.402 e. The molecule has 0 heterocycles. The number of halogens is 3. The van der Waals surface area contributed by atoms with Gasteiger partial charge in [-0.3, -0.25) is 0 Å². The third-order valence-electron chi connectivity index (χ3n) is 1.32. The molecule has 0 radical (unpaired) electrons. The molecule has 1 unspecified atom stereocenters. The van der Waals surface area contributed by atoms with Crippen LogP contribution >= 0.6 is 0 Å². The first-order valence-electron chi connectivity index (χ1n) is 3.93. The second-order valence-electron chi connectivity index (χ2n) is 2.65. The van der Waals surface area contributed by atoms with Crippen LogP contribution in [0.4, 0.5) is 13.2 Å². The van der Waals surface area contributed by atoms with E-state index in [1.54, 1.807) is 10.8 Å². The van der Waals surface area contributed by atoms with Gasteiger partial charge in [-0.15, -0.1) is 0 Å². The monoisotopic (exact) mass is 245 g/mol. The van der Waals surface area contributed by atoms with Crippen molar-refractivity contribution >= 4 is 10.2 Å². The summed E-state index contributed by atoms with van der Waals surface area (Å²) in [6, 6.07) is 0.562. The Balaban J connectivity index is 4.28. The standard InChI is InChI=1S/C6H10F3N3O2S/c1-2-5(3-10)12-15(13,14)11-4-6(7,8)9/h5,11-12H,2,4H2,1H3. The molecule has 0 fully saturated rings. The maximum Gasteiger partial charge on any atom is 0.402 e. The number of rotatable bonds is 5. The van der Waals surface area contributed by atoms with E-state index in [0.29, 0.717) is 0 Å². The van der Waals surface area contributed by atoms with Gasteiger partial charge in [0.15, 0.2) is 0 Å². The van der Waals surface area contributed by atoms with E-state index in [4.69, 9.17) is 5.26 Å². The van der Waals surface area contributed by atoms with E-state index < -0.39 is 29.0 Å². The lowest BCUT2D eigenvalue weighted by molar-refractivity contribution is -0.121. The molecule has 0 aliphatic heterocycles. The van der Waals surface area contributed by atoms with Crippen LogP contribution < -0.4 is 9.44 Å². The summed E-state index contributed by atoms with van der Waals surface area (Å²) < 4.78 is 59.9. The van der Waals surface area contributed by atoms with Gasteiger partial charge in [0.2, 0.25) is 0 Å². The van der Waals surface area contributed by atoms with Crippen LogP contribution in [0, 0.1) is 11.3 Å². The predicted molar refractivity (Wildman–Crippen MR) is 45.8 cm³/mol. The summed E-state index contributed by atoms with van der Waals surface area (Å²) in [6.45, 7) is -0.135. The summed E-state index contributed by atoms with van der Waals surface area (Å²) in [5.41, 5.74) is 0. The highest BCUT2D eigenvalue weighted by atomic mass is 32.2. The van der Waals surface area contributed by atoms with Gasteiger partial charge in [0.05, 0.1) is 6.07 Å². The Labute approximate surface area is 85.4 Å². The number of nitrogens with one attached hydrogen (secondary N) is 2. The Kier molecular flexibility index (Phi) is 4.99. The molecule has 0 bridgehead atoms. The SMILES string of the molecule is CCC(C#N)NS(=O)(=O)NCC(F)(F)F. The van der Waals surface area contributed by atoms with Gasteiger partial charge in [0.25, 0.3) is 10.2 Å². The summed E-state index contributed by atoms with van der Waals surface area (Å²) in [5.74, 6) is 0. The molecule has 9 heteroatoms. The van der Waals surface area contributed by atoms with E-state index >= 15 is 0 Å². The Bertz CT molecular complexity index is 333. The van der Waals surface area contributed by atoms with Crippen molar-refractivity contribution in [1.29, 1.82) is 5.26 Å². The third kappa shape index (κ3) is 7.12. The highest BCUT2D eigenvalue weighted by Gasteiger charge is 2.29. The van der Waals surface area contributed by atoms with Gasteiger partial charge < -0.3 is 0 Å². The Morgan fingerprint density at radius 1 is 1.47 bits per heavy atom. The van der Waals surface area contributed by atoms with Crippen LogP contribution in [-0.4, -0.2) is 27.2 Å². The van der Waals surface area contributed by atoms with Crippen molar-refractivity contribution in [2.75, 3.05) is 6.54 Å². The highest BCUT2D eigenvalue weighted by molar-refractivity contribution is 7.87. The smallest absolute Gasteiger partial charge is 0.197 e. The molecule has 0 saturated carbocycles. The van der Waals surface area contributed by atoms with Crippen LogP contribution in [0.25, 0.3) is 0 Å². The summed E-state index contributed by atoms with van der Waals surface area (Å²) in [7, 11) is -4.28. The van der Waals surface area contributed by atoms with Crippen molar-refractivity contribution in [3.63, 3.8) is 0 Å². The molecule has 0 amide bonds. The van der Waals surface area contributed by atoms with Crippen molar-refractivity contribution < 1.29 is 21.6 Å². The van der Waals surface area contributed by atoms with Gasteiger partial charge in [-0.1, -0.05) is 6.92 Å². The minimum atomic E-state index is -4.62. The van der Waals surface area contributed by atoms with Gasteiger partial charge in [0, 0.05) is 0 Å². The van der Waals surface area contributed by atoms with E-state index in [2.05, 4.69) is 0 Å². The zero-order valence-electron chi connectivity index (χ0n) is 7.80. The molecule has 88 valence electrons. The molecule has 0 saturated heterocycles. The first kappa shape index (κ1) is 14.2. The molecule has 1 atom stereocenters. The van der Waals surface area contributed by atoms with Crippen LogP contribution in [0.15, 0.2) is 0 Å². The topological polar surface area (TPSA) is 82.0 Å². The van der Waals surface area contributed by atoms with Crippen LogP contribution in [0.2, 0.25) is 0 Å². The lowest BCUT2D eigenvalue weighted by Crippen LogP contribution is -2.45. The fourth-order valence-corrected chi connectivity index (χ4v) is 1.64. The van der Waals surface area contributed by atoms with E-state index in [1.165, 1.54) is 11.6 Å². The van der Waals surface area contributed by atoms with Gasteiger partial charge in [-0.2, -0.15) is 36.3 Å². The first-order valence-corrected chi connectivity index (χ1v) is 5.42. The second-order valence-corrected chi connectivity index (χ2v) is 4.18. The maximum atomic E-state index is 11.7. The predicted octanol–water partition coefficient (Wildman–Crippen LogP) is 0.275. The molecule has 2 N–H and O–H groups in total. The molecule has 0 aromatic carbocycles. The number of nitrogens with zero attached hydrogens (tertiary/aromatic N) is 1. The van der Waals surface area contributed by atoms with E-state index in [1.807, 2.05) is 0 Å². The van der Waals surface area contributed by atoms with E-state index in [0.717, 1.165) is 0 Å². The number of nitriles is 1. The molecular weight excluding hydrogens is 235 g/mol. The van der Waals surface area contributed by atoms with Crippen molar-refractivity contribution in [3.8, 4) is 6.07 Å². The highest BCUT2D eigenvalue weighted by Crippen LogP contribution is 2.12. The Morgan fingerprint density at radius 2 is 2.00 bits per heavy atom. The zero-order valence-corrected chi connectivity index (χ0v) is 8.61. The third-order valence-corrected chi connectivity index (χ3v) is 2.44. The lowest BCUT2D eigenvalue weighted by Gasteiger charge is -2.12. The van der Waals surface area contributed by atoms with E-state index in [9.17, 15) is 21.6 Å². The molecule has 0 aromatic heterocycles. The molecule has 0 spiro atoms. The normalized spacial score (nSPS) is 14.6. The molecular formula is C6H10F3N3O2S. The fraction of sp³-hybridized carbons (Fsp3) is 0.833. The van der Waals surface area contributed by atoms with Crippen LogP contribution in [-0.2, 0) is 10.2 Å².